The van der Waals surface area contributed by atoms with E-state index in [1.165, 1.54) is 4.90 Å². The van der Waals surface area contributed by atoms with Gasteiger partial charge in [-0.25, -0.2) is 0 Å². The zero-order chi connectivity index (χ0) is 29.1. The van der Waals surface area contributed by atoms with Gasteiger partial charge in [0, 0.05) is 32.2 Å². The largest absolute Gasteiger partial charge is 0.484 e. The van der Waals surface area contributed by atoms with Crippen LogP contribution in [0.15, 0.2) is 30.3 Å². The van der Waals surface area contributed by atoms with Gasteiger partial charge in [0.1, 0.15) is 30.1 Å². The van der Waals surface area contributed by atoms with Crippen LogP contribution in [-0.4, -0.2) is 137 Å². The number of carbonyl (C=O) groups excluding carboxylic acids is 4. The minimum Gasteiger partial charge on any atom is -0.484 e. The second-order valence-corrected chi connectivity index (χ2v) is 11.1. The molecule has 6 bridgehead atoms. The molecule has 4 amide bonds. The van der Waals surface area contributed by atoms with Crippen molar-refractivity contribution in [1.29, 1.82) is 0 Å². The smallest absolute Gasteiger partial charge is 0.261 e. The van der Waals surface area contributed by atoms with E-state index in [1.54, 1.807) is 29.2 Å². The molecular weight excluding hydrogens is 534 g/mol. The Morgan fingerprint density at radius 2 is 1.80 bits per heavy atom. The van der Waals surface area contributed by atoms with Crippen molar-refractivity contribution < 1.29 is 38.9 Å². The number of fused-ring (bicyclic) bond motifs is 6. The molecule has 5 rings (SSSR count). The molecule has 4 N–H and O–H groups in total. The van der Waals surface area contributed by atoms with Crippen molar-refractivity contribution in [1.82, 2.24) is 25.3 Å². The summed E-state index contributed by atoms with van der Waals surface area (Å²) < 4.78 is 11.4. The van der Waals surface area contributed by atoms with E-state index in [1.807, 2.05) is 17.9 Å². The molecule has 0 spiro atoms. The molecule has 4 fully saturated rings. The molecule has 41 heavy (non-hydrogen) atoms. The van der Waals surface area contributed by atoms with Gasteiger partial charge in [0.15, 0.2) is 6.61 Å². The Hall–Kier alpha value is -3.26. The van der Waals surface area contributed by atoms with Crippen molar-refractivity contribution in [2.75, 3.05) is 45.9 Å². The van der Waals surface area contributed by atoms with E-state index < -0.39 is 42.4 Å². The van der Waals surface area contributed by atoms with Crippen LogP contribution in [0.1, 0.15) is 26.2 Å². The molecule has 0 aliphatic carbocycles. The van der Waals surface area contributed by atoms with Gasteiger partial charge < -0.3 is 40.1 Å². The Morgan fingerprint density at radius 1 is 1.05 bits per heavy atom. The van der Waals surface area contributed by atoms with Gasteiger partial charge in [0.05, 0.1) is 25.1 Å². The van der Waals surface area contributed by atoms with Crippen LogP contribution < -0.4 is 15.4 Å². The molecule has 4 aliphatic heterocycles. The molecule has 224 valence electrons. The SMILES string of the molecule is CCCN1C[C@@H]2C[C@H]1C(=O)N1CCN(C(=O)COc3ccccc3)[C@@H](C1)C(=O)NC[C@H]1O[C@@H](CC(=O)N2)[C@H](O)[C@@H]1O. The molecule has 4 heterocycles. The average Bonchev–Trinajstić information content (AvgIpc) is 3.49. The van der Waals surface area contributed by atoms with Gasteiger partial charge >= 0.3 is 0 Å². The zero-order valence-corrected chi connectivity index (χ0v) is 23.2. The van der Waals surface area contributed by atoms with Gasteiger partial charge in [-0.2, -0.15) is 0 Å². The number of hydrogen-bond acceptors (Lipinski definition) is 9. The molecule has 7 atom stereocenters. The number of para-hydroxylation sites is 1. The quantitative estimate of drug-likeness (QED) is 0.315. The maximum atomic E-state index is 13.8. The summed E-state index contributed by atoms with van der Waals surface area (Å²) >= 11 is 0. The Morgan fingerprint density at radius 3 is 2.56 bits per heavy atom. The lowest BCUT2D eigenvalue weighted by molar-refractivity contribution is -0.151. The minimum atomic E-state index is -1.30. The number of amides is 4. The van der Waals surface area contributed by atoms with Gasteiger partial charge in [-0.05, 0) is 31.5 Å². The molecule has 0 aromatic heterocycles. The maximum absolute atomic E-state index is 13.8. The number of ether oxygens (including phenoxy) is 2. The van der Waals surface area contributed by atoms with Crippen molar-refractivity contribution >= 4 is 23.6 Å². The van der Waals surface area contributed by atoms with Crippen molar-refractivity contribution in [2.45, 2.75) is 68.7 Å². The number of nitrogens with zero attached hydrogens (tertiary/aromatic N) is 3. The van der Waals surface area contributed by atoms with Crippen LogP contribution in [0, 0.1) is 0 Å². The molecule has 0 saturated carbocycles. The number of aliphatic hydroxyl groups excluding tert-OH is 2. The highest BCUT2D eigenvalue weighted by molar-refractivity contribution is 5.90. The van der Waals surface area contributed by atoms with Gasteiger partial charge in [-0.3, -0.25) is 24.1 Å². The number of likely N-dealkylation sites (tertiary alicyclic amines) is 1. The van der Waals surface area contributed by atoms with Crippen LogP contribution in [0.25, 0.3) is 0 Å². The molecule has 0 radical (unpaired) electrons. The summed E-state index contributed by atoms with van der Waals surface area (Å²) in [7, 11) is 0. The number of nitrogens with one attached hydrogen (secondary N) is 2. The Balaban J connectivity index is 1.37. The number of carbonyl (C=O) groups is 4. The van der Waals surface area contributed by atoms with E-state index in [9.17, 15) is 29.4 Å². The van der Waals surface area contributed by atoms with Crippen LogP contribution in [0.3, 0.4) is 0 Å². The first-order valence-corrected chi connectivity index (χ1v) is 14.3. The van der Waals surface area contributed by atoms with E-state index in [0.29, 0.717) is 25.3 Å². The van der Waals surface area contributed by atoms with Crippen molar-refractivity contribution in [3.63, 3.8) is 0 Å². The lowest BCUT2D eigenvalue weighted by atomic mass is 10.0. The first kappa shape index (κ1) is 29.2. The Labute approximate surface area is 238 Å². The molecular formula is C28H39N5O8. The highest BCUT2D eigenvalue weighted by Crippen LogP contribution is 2.26. The normalized spacial score (nSPS) is 33.0. The average molecular weight is 574 g/mol. The van der Waals surface area contributed by atoms with Gasteiger partial charge in [-0.1, -0.05) is 25.1 Å². The predicted octanol–water partition coefficient (Wildman–Crippen LogP) is -1.92. The summed E-state index contributed by atoms with van der Waals surface area (Å²) in [5.41, 5.74) is 0. The fraction of sp³-hybridized carbons (Fsp3) is 0.643. The van der Waals surface area contributed by atoms with Gasteiger partial charge in [0.25, 0.3) is 5.91 Å². The summed E-state index contributed by atoms with van der Waals surface area (Å²) in [6, 6.07) is 7.16. The minimum absolute atomic E-state index is 0.00540. The Kier molecular flexibility index (Phi) is 9.07. The summed E-state index contributed by atoms with van der Waals surface area (Å²) in [4.78, 5) is 58.4. The van der Waals surface area contributed by atoms with Crippen LogP contribution in [0.4, 0.5) is 0 Å². The molecule has 0 unspecified atom stereocenters. The van der Waals surface area contributed by atoms with Gasteiger partial charge in [-0.15, -0.1) is 0 Å². The lowest BCUT2D eigenvalue weighted by Gasteiger charge is -2.42. The summed E-state index contributed by atoms with van der Waals surface area (Å²) in [6.07, 6.45) is -3.42. The second kappa shape index (κ2) is 12.7. The van der Waals surface area contributed by atoms with Crippen LogP contribution >= 0.6 is 0 Å². The highest BCUT2D eigenvalue weighted by Gasteiger charge is 2.46. The van der Waals surface area contributed by atoms with Crippen molar-refractivity contribution in [3.05, 3.63) is 30.3 Å². The molecule has 4 saturated heterocycles. The third-order valence-electron chi connectivity index (χ3n) is 8.31. The number of benzene rings is 1. The second-order valence-electron chi connectivity index (χ2n) is 11.1. The first-order chi connectivity index (χ1) is 19.7. The van der Waals surface area contributed by atoms with Crippen molar-refractivity contribution in [2.24, 2.45) is 0 Å². The van der Waals surface area contributed by atoms with Crippen molar-refractivity contribution in [3.8, 4) is 5.75 Å². The monoisotopic (exact) mass is 573 g/mol. The maximum Gasteiger partial charge on any atom is 0.261 e. The molecule has 13 heteroatoms. The number of aliphatic hydroxyl groups is 2. The topological polar surface area (TPSA) is 161 Å². The van der Waals surface area contributed by atoms with Gasteiger partial charge in [0.2, 0.25) is 17.7 Å². The molecule has 1 aromatic rings. The number of rotatable bonds is 5. The first-order valence-electron chi connectivity index (χ1n) is 14.3. The van der Waals surface area contributed by atoms with E-state index in [0.717, 1.165) is 6.42 Å². The third-order valence-corrected chi connectivity index (χ3v) is 8.31. The number of hydrogen-bond donors (Lipinski definition) is 4. The molecule has 13 nitrogen and oxygen atoms in total. The third kappa shape index (κ3) is 6.48. The van der Waals surface area contributed by atoms with E-state index in [-0.39, 0.29) is 63.0 Å². The standard InChI is InChI=1S/C28H39N5O8/c1-2-8-31-14-17-11-19(31)28(39)32-9-10-33(24(35)16-40-18-6-4-3-5-7-18)20(15-32)27(38)29-13-22-26(37)25(36)21(41-22)12-23(34)30-17/h3-7,17,19-22,25-26,36-37H,2,8-16H2,1H3,(H,29,38)(H,30,34)/t17-,19-,20-,21-,22+,25-,26+/m0/s1. The van der Waals surface area contributed by atoms with Crippen LogP contribution in [0.2, 0.25) is 0 Å². The highest BCUT2D eigenvalue weighted by atomic mass is 16.5. The molecule has 1 aromatic carbocycles. The molecule has 4 aliphatic rings. The van der Waals surface area contributed by atoms with Crippen LogP contribution in [0.5, 0.6) is 5.75 Å². The predicted molar refractivity (Wildman–Crippen MR) is 145 cm³/mol. The Bertz CT molecular complexity index is 1120. The fourth-order valence-electron chi connectivity index (χ4n) is 6.21. The zero-order valence-electron chi connectivity index (χ0n) is 23.2. The fourth-order valence-corrected chi connectivity index (χ4v) is 6.21. The summed E-state index contributed by atoms with van der Waals surface area (Å²) in [5, 5.41) is 26.8. The van der Waals surface area contributed by atoms with E-state index >= 15 is 0 Å². The van der Waals surface area contributed by atoms with Crippen LogP contribution in [-0.2, 0) is 23.9 Å². The van der Waals surface area contributed by atoms with E-state index in [2.05, 4.69) is 10.6 Å². The summed E-state index contributed by atoms with van der Waals surface area (Å²) in [6.45, 7) is 3.16. The number of piperazine rings is 1. The lowest BCUT2D eigenvalue weighted by Crippen LogP contribution is -2.64. The van der Waals surface area contributed by atoms with E-state index in [4.69, 9.17) is 9.47 Å². The summed E-state index contributed by atoms with van der Waals surface area (Å²) in [5.74, 6) is -0.848.